The van der Waals surface area contributed by atoms with Crippen molar-refractivity contribution in [2.24, 2.45) is 54.2 Å². The fourth-order valence-electron chi connectivity index (χ4n) is 5.00. The van der Waals surface area contributed by atoms with E-state index >= 15 is 0 Å². The fourth-order valence-corrected chi connectivity index (χ4v) is 5.85. The molecule has 0 aliphatic heterocycles. The van der Waals surface area contributed by atoms with Crippen LogP contribution >= 0.6 is 11.3 Å². The maximum absolute atomic E-state index is 10.5. The van der Waals surface area contributed by atoms with Gasteiger partial charge in [-0.2, -0.15) is 10.2 Å². The number of aromatic nitrogens is 9. The molecule has 0 aromatic carbocycles. The van der Waals surface area contributed by atoms with Gasteiger partial charge in [0.2, 0.25) is 0 Å². The molecular weight excluding hydrogens is 1050 g/mol. The molecule has 5 aromatic heterocycles. The third-order valence-corrected chi connectivity index (χ3v) is 9.63. The van der Waals surface area contributed by atoms with E-state index in [4.69, 9.17) is 86.3 Å². The number of nitrogens with two attached hydrogens (primary N) is 5. The number of aliphatic carboxylic acids is 5. The first kappa shape index (κ1) is 65.1. The molecule has 41 heteroatoms. The minimum absolute atomic E-state index is 0.00556. The van der Waals surface area contributed by atoms with Crippen LogP contribution in [-0.2, 0) is 88.8 Å². The number of oxazole rings is 1. The van der Waals surface area contributed by atoms with E-state index in [-0.39, 0.29) is 64.2 Å². The van der Waals surface area contributed by atoms with Crippen molar-refractivity contribution in [3.63, 3.8) is 0 Å². The van der Waals surface area contributed by atoms with Crippen molar-refractivity contribution < 1.29 is 53.9 Å². The van der Waals surface area contributed by atoms with Crippen LogP contribution < -0.4 is 28.7 Å². The van der Waals surface area contributed by atoms with E-state index in [1.54, 1.807) is 34.6 Å². The Morgan fingerprint density at radius 3 is 1.64 bits per heavy atom. The molecule has 412 valence electrons. The van der Waals surface area contributed by atoms with Gasteiger partial charge in [-0.1, -0.05) is 30.8 Å². The van der Waals surface area contributed by atoms with Crippen LogP contribution in [0.5, 0.6) is 0 Å². The Balaban J connectivity index is 0.000000481. The van der Waals surface area contributed by atoms with Gasteiger partial charge in [-0.3, -0.25) is 38.4 Å². The van der Waals surface area contributed by atoms with Crippen LogP contribution in [0.1, 0.15) is 45.1 Å². The zero-order chi connectivity index (χ0) is 57.7. The number of H-pyrrole nitrogens is 1. The number of carboxylic acids is 5. The lowest BCUT2D eigenvalue weighted by Gasteiger charge is -2.02. The summed E-state index contributed by atoms with van der Waals surface area (Å²) < 4.78 is 8.00. The first-order valence-electron chi connectivity index (χ1n) is 21.4. The number of aromatic amines is 1. The third kappa shape index (κ3) is 28.8. The van der Waals surface area contributed by atoms with Crippen molar-refractivity contribution >= 4 is 41.2 Å². The second-order valence-electron chi connectivity index (χ2n) is 14.7. The van der Waals surface area contributed by atoms with Crippen LogP contribution in [-0.4, -0.2) is 144 Å². The molecule has 0 amide bonds. The van der Waals surface area contributed by atoms with Gasteiger partial charge in [0.05, 0.1) is 59.5 Å². The molecule has 77 heavy (non-hydrogen) atoms. The second kappa shape index (κ2) is 36.9. The molecule has 0 aliphatic rings. The van der Waals surface area contributed by atoms with Gasteiger partial charge in [-0.15, -0.1) is 16.4 Å². The SMILES string of the molecule is [N-]=[N+]=NCCn1cc(C[C@H](N)C(=O)O)nn1.[N-]=[N+]=NCCn1ccc(C[C@H](N)C(=O)O)n1.[N-]=[N+]=NCc1cc(C[C@H](N)C(=O)O)[nH]n1.[N-]=[N+]=NCc1coc(C[C@H](N)C(=O)O)n1.[N-]=[N+]=NCc1csc(C[C@H](N)C(=O)O)n1. The van der Waals surface area contributed by atoms with E-state index in [0.29, 0.717) is 58.8 Å². The summed E-state index contributed by atoms with van der Waals surface area (Å²) in [7, 11) is 0. The van der Waals surface area contributed by atoms with E-state index in [9.17, 15) is 24.0 Å². The summed E-state index contributed by atoms with van der Waals surface area (Å²) in [6.07, 6.45) is 5.24. The number of thiazole rings is 1. The minimum Gasteiger partial charge on any atom is -0.480 e. The molecule has 40 nitrogen and oxygen atoms in total. The number of nitrogens with one attached hydrogen (secondary N) is 1. The van der Waals surface area contributed by atoms with Gasteiger partial charge < -0.3 is 58.6 Å². The Kier molecular flexibility index (Phi) is 31.2. The second-order valence-corrected chi connectivity index (χ2v) is 15.7. The standard InChI is InChI=1S/C8H12N6O2.C7H11N7O2.C7H10N6O2.C7H9N5O3.C7H9N5O2S/c9-7(8(15)16)5-6-1-3-14(12-6)4-2-11-13-10;8-6(7(15)16)3-5-4-14(13-11-5)2-1-10-12-9;8-6(7(14)15)2-4-1-5(12-11-4)3-10-13-9;2*8-5(7(13)14)1-6-11-4(3-15-6)2-10-12-9/h1,3,7H,2,4-5,9H2,(H,15,16);4,6H,1-3,8H2,(H,15,16);1,6H,2-3,8H2,(H,11,12)(H,14,15);2*3,5H,1-2,8H2,(H,13,14)/t7-;2*6-;2*5-/m00000/s1. The molecular formula is C36H51N29O11S. The molecule has 0 fully saturated rings. The Morgan fingerprint density at radius 2 is 1.09 bits per heavy atom. The van der Waals surface area contributed by atoms with Crippen LogP contribution in [0.3, 0.4) is 0 Å². The number of carbonyl (C=O) groups is 5. The van der Waals surface area contributed by atoms with Gasteiger partial charge in [0, 0.05) is 99.9 Å². The number of rotatable bonds is 27. The van der Waals surface area contributed by atoms with Gasteiger partial charge in [0.1, 0.15) is 36.5 Å². The molecule has 16 N–H and O–H groups in total. The average Bonchev–Trinajstić information content (AvgIpc) is 4.27. The number of carboxylic acid groups (broad SMARTS) is 5. The van der Waals surface area contributed by atoms with Crippen LogP contribution in [0.2, 0.25) is 0 Å². The molecule has 0 spiro atoms. The van der Waals surface area contributed by atoms with Gasteiger partial charge in [-0.25, -0.2) is 9.97 Å². The Morgan fingerprint density at radius 1 is 0.610 bits per heavy atom. The summed E-state index contributed by atoms with van der Waals surface area (Å²) in [6, 6.07) is -1.56. The summed E-state index contributed by atoms with van der Waals surface area (Å²) in [4.78, 5) is 73.3. The van der Waals surface area contributed by atoms with E-state index < -0.39 is 60.1 Å². The molecule has 5 atom stereocenters. The first-order valence-corrected chi connectivity index (χ1v) is 22.3. The van der Waals surface area contributed by atoms with Gasteiger partial charge in [0.25, 0.3) is 0 Å². The summed E-state index contributed by atoms with van der Waals surface area (Å²) >= 11 is 1.31. The minimum atomic E-state index is -1.12. The molecule has 0 saturated carbocycles. The van der Waals surface area contributed by atoms with E-state index in [1.807, 2.05) is 0 Å². The topological polar surface area (TPSA) is 677 Å². The summed E-state index contributed by atoms with van der Waals surface area (Å²) in [5.74, 6) is -5.16. The smallest absolute Gasteiger partial charge is 0.321 e. The lowest BCUT2D eigenvalue weighted by molar-refractivity contribution is -0.139. The average molecular weight is 1100 g/mol. The molecule has 5 aromatic rings. The Labute approximate surface area is 435 Å². The summed E-state index contributed by atoms with van der Waals surface area (Å²) in [5, 5.41) is 79.9. The molecule has 0 unspecified atom stereocenters. The number of hydrogen-bond acceptors (Lipinski definition) is 23. The lowest BCUT2D eigenvalue weighted by Crippen LogP contribution is -2.32. The van der Waals surface area contributed by atoms with Crippen LogP contribution in [0.4, 0.5) is 0 Å². The molecule has 0 radical (unpaired) electrons. The van der Waals surface area contributed by atoms with Gasteiger partial charge >= 0.3 is 29.8 Å². The van der Waals surface area contributed by atoms with Crippen LogP contribution in [0, 0.1) is 0 Å². The fraction of sp³-hybridized carbons (Fsp3) is 0.472. The summed E-state index contributed by atoms with van der Waals surface area (Å²) in [6.45, 7) is 1.82. The highest BCUT2D eigenvalue weighted by Gasteiger charge is 2.18. The molecule has 5 heterocycles. The van der Waals surface area contributed by atoms with Crippen molar-refractivity contribution in [3.8, 4) is 0 Å². The largest absolute Gasteiger partial charge is 0.480 e. The van der Waals surface area contributed by atoms with Crippen molar-refractivity contribution in [2.45, 2.75) is 95.0 Å². The van der Waals surface area contributed by atoms with Crippen molar-refractivity contribution in [2.75, 3.05) is 13.1 Å². The third-order valence-electron chi connectivity index (χ3n) is 8.71. The van der Waals surface area contributed by atoms with E-state index in [1.165, 1.54) is 22.3 Å². The summed E-state index contributed by atoms with van der Waals surface area (Å²) in [5.41, 5.74) is 70.3. The highest BCUT2D eigenvalue weighted by molar-refractivity contribution is 7.09. The van der Waals surface area contributed by atoms with Gasteiger partial charge in [0.15, 0.2) is 5.89 Å². The maximum Gasteiger partial charge on any atom is 0.321 e. The molecule has 5 rings (SSSR count). The quantitative estimate of drug-likeness (QED) is 0.0200. The monoisotopic (exact) mass is 1100 g/mol. The highest BCUT2D eigenvalue weighted by Crippen LogP contribution is 2.13. The zero-order valence-corrected chi connectivity index (χ0v) is 40.9. The van der Waals surface area contributed by atoms with Crippen molar-refractivity contribution in [1.82, 2.24) is 44.9 Å². The lowest BCUT2D eigenvalue weighted by atomic mass is 10.1. The molecule has 0 bridgehead atoms. The van der Waals surface area contributed by atoms with Crippen LogP contribution in [0.15, 0.2) is 66.2 Å². The normalized spacial score (nSPS) is 11.8. The zero-order valence-electron chi connectivity index (χ0n) is 40.1. The van der Waals surface area contributed by atoms with Gasteiger partial charge in [-0.05, 0) is 39.8 Å². The number of azide groups is 5. The number of hydrogen-bond donors (Lipinski definition) is 11. The van der Waals surface area contributed by atoms with Crippen molar-refractivity contribution in [1.29, 1.82) is 0 Å². The Hall–Kier alpha value is -9.90. The molecule has 0 aliphatic carbocycles. The maximum atomic E-state index is 10.5. The number of nitrogens with zero attached hydrogens (tertiary/aromatic N) is 23. The predicted molar refractivity (Wildman–Crippen MR) is 263 cm³/mol. The first-order chi connectivity index (χ1) is 36.7. The highest BCUT2D eigenvalue weighted by atomic mass is 32.1. The van der Waals surface area contributed by atoms with E-state index in [2.05, 4.69) is 85.7 Å². The predicted octanol–water partition coefficient (Wildman–Crippen LogP) is 1.21. The van der Waals surface area contributed by atoms with Crippen molar-refractivity contribution in [3.05, 3.63) is 133 Å². The van der Waals surface area contributed by atoms with Crippen LogP contribution in [0.25, 0.3) is 52.2 Å². The van der Waals surface area contributed by atoms with E-state index in [0.717, 1.165) is 0 Å². The molecule has 0 saturated heterocycles. The Bertz CT molecular complexity index is 2640.